The smallest absolute Gasteiger partial charge is 0.270 e. The Morgan fingerprint density at radius 3 is 2.23 bits per heavy atom. The predicted octanol–water partition coefficient (Wildman–Crippen LogP) is 4.34. The van der Waals surface area contributed by atoms with Crippen molar-refractivity contribution in [1.29, 1.82) is 0 Å². The number of carbonyl (C=O) groups excluding carboxylic acids is 3. The lowest BCUT2D eigenvalue weighted by Gasteiger charge is -2.40. The number of benzene rings is 1. The third kappa shape index (κ3) is 8.96. The molecule has 0 aliphatic heterocycles. The van der Waals surface area contributed by atoms with Gasteiger partial charge in [0.05, 0.1) is 18.2 Å². The minimum absolute atomic E-state index is 0.0464. The van der Waals surface area contributed by atoms with E-state index in [4.69, 9.17) is 5.73 Å². The maximum Gasteiger partial charge on any atom is 0.270 e. The van der Waals surface area contributed by atoms with E-state index in [0.717, 1.165) is 25.7 Å². The maximum absolute atomic E-state index is 14.5. The van der Waals surface area contributed by atoms with E-state index in [-0.39, 0.29) is 30.5 Å². The van der Waals surface area contributed by atoms with Gasteiger partial charge in [-0.05, 0) is 48.3 Å². The number of ketones is 1. The highest BCUT2D eigenvalue weighted by molar-refractivity contribution is 6.11. The van der Waals surface area contributed by atoms with Gasteiger partial charge in [-0.25, -0.2) is 0 Å². The summed E-state index contributed by atoms with van der Waals surface area (Å²) in [5, 5.41) is 28.7. The van der Waals surface area contributed by atoms with Crippen molar-refractivity contribution in [1.82, 2.24) is 15.6 Å². The Morgan fingerprint density at radius 1 is 1.00 bits per heavy atom. The van der Waals surface area contributed by atoms with Gasteiger partial charge in [0.25, 0.3) is 5.91 Å². The lowest BCUT2D eigenvalue weighted by molar-refractivity contribution is -0.143. The number of nitrogens with zero attached hydrogens (tertiary/aromatic N) is 1. The zero-order valence-corrected chi connectivity index (χ0v) is 26.7. The zero-order valence-electron chi connectivity index (χ0n) is 26.7. The summed E-state index contributed by atoms with van der Waals surface area (Å²) < 4.78 is 0. The van der Waals surface area contributed by atoms with Crippen LogP contribution in [0.4, 0.5) is 0 Å². The molecule has 9 nitrogen and oxygen atoms in total. The number of aliphatic hydroxyl groups is 2. The Morgan fingerprint density at radius 2 is 1.66 bits per heavy atom. The molecule has 1 aromatic heterocycles. The molecule has 0 bridgehead atoms. The van der Waals surface area contributed by atoms with E-state index in [1.807, 2.05) is 39.0 Å². The second kappa shape index (κ2) is 16.8. The molecule has 0 saturated heterocycles. The molecule has 0 radical (unpaired) electrons. The van der Waals surface area contributed by atoms with Gasteiger partial charge in [-0.3, -0.25) is 24.7 Å². The molecule has 1 unspecified atom stereocenters. The predicted molar refractivity (Wildman–Crippen MR) is 171 cm³/mol. The van der Waals surface area contributed by atoms with E-state index in [2.05, 4.69) is 15.6 Å². The molecule has 6 N–H and O–H groups in total. The lowest BCUT2D eigenvalue weighted by atomic mass is 9.70. The Bertz CT molecular complexity index is 1190. The average molecular weight is 609 g/mol. The molecule has 0 spiro atoms. The van der Waals surface area contributed by atoms with E-state index in [1.54, 1.807) is 43.5 Å². The van der Waals surface area contributed by atoms with Crippen molar-refractivity contribution >= 4 is 17.6 Å². The quantitative estimate of drug-likeness (QED) is 0.167. The Labute approximate surface area is 262 Å². The number of β-amino-alcohol motifs (C(OH)–C–C–N with tert-alkyl or cyclic N) is 1. The normalized spacial score (nSPS) is 18.9. The van der Waals surface area contributed by atoms with Crippen LogP contribution in [-0.4, -0.2) is 57.0 Å². The van der Waals surface area contributed by atoms with Gasteiger partial charge < -0.3 is 21.3 Å². The van der Waals surface area contributed by atoms with Crippen LogP contribution in [-0.2, 0) is 9.59 Å². The van der Waals surface area contributed by atoms with Crippen LogP contribution in [0.3, 0.4) is 0 Å². The lowest BCUT2D eigenvalue weighted by Crippen LogP contribution is -2.67. The number of primary amides is 1. The number of aliphatic hydroxyl groups excluding tert-OH is 2. The molecular formula is C35H52N4O5. The molecule has 1 heterocycles. The Kier molecular flexibility index (Phi) is 13.5. The number of hydrogen-bond acceptors (Lipinski definition) is 7. The SMILES string of the molecule is CC[C@H](C)[C@](NCC(O)c1ccccc1)(C(N)=O)C(=O)[C@@H](C[C@H](O)[C@H](CC1CCCCC1)NC(=O)c1ccccn1)C(C)C. The summed E-state index contributed by atoms with van der Waals surface area (Å²) in [6, 6.07) is 13.5. The number of amides is 2. The molecule has 1 aliphatic rings. The van der Waals surface area contributed by atoms with Crippen LogP contribution in [0, 0.1) is 23.7 Å². The third-order valence-corrected chi connectivity index (χ3v) is 9.51. The molecule has 1 saturated carbocycles. The fraction of sp³-hybridized carbons (Fsp3) is 0.600. The van der Waals surface area contributed by atoms with Crippen LogP contribution in [0.15, 0.2) is 54.7 Å². The molecule has 2 amide bonds. The third-order valence-electron chi connectivity index (χ3n) is 9.51. The molecule has 1 aromatic carbocycles. The summed E-state index contributed by atoms with van der Waals surface area (Å²) in [5.41, 5.74) is 5.18. The summed E-state index contributed by atoms with van der Waals surface area (Å²) in [5.74, 6) is -2.68. The minimum atomic E-state index is -1.75. The van der Waals surface area contributed by atoms with Crippen molar-refractivity contribution in [3.63, 3.8) is 0 Å². The van der Waals surface area contributed by atoms with Gasteiger partial charge >= 0.3 is 0 Å². The number of hydrogen-bond donors (Lipinski definition) is 5. The summed E-state index contributed by atoms with van der Waals surface area (Å²) >= 11 is 0. The first-order valence-corrected chi connectivity index (χ1v) is 16.2. The molecule has 2 aromatic rings. The number of pyridine rings is 1. The van der Waals surface area contributed by atoms with Gasteiger partial charge in [0.15, 0.2) is 11.3 Å². The first-order chi connectivity index (χ1) is 21.0. The number of nitrogens with two attached hydrogens (primary N) is 1. The second-order valence-electron chi connectivity index (χ2n) is 12.8. The molecule has 242 valence electrons. The largest absolute Gasteiger partial charge is 0.391 e. The fourth-order valence-corrected chi connectivity index (χ4v) is 6.54. The monoisotopic (exact) mass is 608 g/mol. The van der Waals surface area contributed by atoms with Gasteiger partial charge in [0, 0.05) is 18.7 Å². The van der Waals surface area contributed by atoms with Crippen LogP contribution >= 0.6 is 0 Å². The van der Waals surface area contributed by atoms with Crippen LogP contribution in [0.2, 0.25) is 0 Å². The van der Waals surface area contributed by atoms with Crippen molar-refractivity contribution < 1.29 is 24.6 Å². The molecule has 6 atom stereocenters. The minimum Gasteiger partial charge on any atom is -0.391 e. The van der Waals surface area contributed by atoms with Gasteiger partial charge in [0.2, 0.25) is 5.91 Å². The van der Waals surface area contributed by atoms with Crippen molar-refractivity contribution in [3.8, 4) is 0 Å². The Hall–Kier alpha value is -3.14. The molecule has 9 heteroatoms. The van der Waals surface area contributed by atoms with Crippen molar-refractivity contribution in [2.45, 2.75) is 103 Å². The van der Waals surface area contributed by atoms with Gasteiger partial charge in [-0.2, -0.15) is 0 Å². The number of rotatable bonds is 17. The van der Waals surface area contributed by atoms with Crippen molar-refractivity contribution in [2.24, 2.45) is 29.4 Å². The number of nitrogens with one attached hydrogen (secondary N) is 2. The number of Topliss-reactive ketones (excluding diaryl/α,β-unsaturated/α-hetero) is 1. The van der Waals surface area contributed by atoms with E-state index in [0.29, 0.717) is 24.3 Å². The van der Waals surface area contributed by atoms with Crippen LogP contribution in [0.25, 0.3) is 0 Å². The van der Waals surface area contributed by atoms with E-state index in [1.165, 1.54) is 6.42 Å². The zero-order chi connectivity index (χ0) is 32.3. The highest BCUT2D eigenvalue weighted by Crippen LogP contribution is 2.34. The second-order valence-corrected chi connectivity index (χ2v) is 12.8. The molecule has 3 rings (SSSR count). The van der Waals surface area contributed by atoms with Crippen LogP contribution in [0.1, 0.15) is 101 Å². The van der Waals surface area contributed by atoms with Crippen LogP contribution < -0.4 is 16.4 Å². The topological polar surface area (TPSA) is 155 Å². The highest BCUT2D eigenvalue weighted by atomic mass is 16.3. The molecule has 1 aliphatic carbocycles. The van der Waals surface area contributed by atoms with E-state index in [9.17, 15) is 24.6 Å². The van der Waals surface area contributed by atoms with Crippen molar-refractivity contribution in [2.75, 3.05) is 6.54 Å². The molecular weight excluding hydrogens is 556 g/mol. The van der Waals surface area contributed by atoms with Crippen molar-refractivity contribution in [3.05, 3.63) is 66.0 Å². The first-order valence-electron chi connectivity index (χ1n) is 16.2. The first kappa shape index (κ1) is 35.3. The molecule has 1 fully saturated rings. The average Bonchev–Trinajstić information content (AvgIpc) is 3.03. The summed E-state index contributed by atoms with van der Waals surface area (Å²) in [7, 11) is 0. The summed E-state index contributed by atoms with van der Waals surface area (Å²) in [6.07, 6.45) is 6.15. The summed E-state index contributed by atoms with van der Waals surface area (Å²) in [4.78, 5) is 45.1. The maximum atomic E-state index is 14.5. The van der Waals surface area contributed by atoms with E-state index < -0.39 is 47.3 Å². The molecule has 44 heavy (non-hydrogen) atoms. The van der Waals surface area contributed by atoms with Gasteiger partial charge in [-0.1, -0.05) is 103 Å². The fourth-order valence-electron chi connectivity index (χ4n) is 6.54. The van der Waals surface area contributed by atoms with E-state index >= 15 is 0 Å². The van der Waals surface area contributed by atoms with Crippen LogP contribution in [0.5, 0.6) is 0 Å². The summed E-state index contributed by atoms with van der Waals surface area (Å²) in [6.45, 7) is 7.41. The standard InChI is InChI=1S/C35H52N4O5/c1-5-24(4)35(34(36)44,38-22-31(41)26-16-10-7-11-17-26)32(42)27(23(2)3)21-30(40)29(20-25-14-8-6-9-15-25)39-33(43)28-18-12-13-19-37-28/h7,10-13,16-19,23-25,27,29-31,38,40-41H,5-6,8-9,14-15,20-22H2,1-4H3,(H2,36,44)(H,39,43)/t24-,27-,29-,30-,31?,35+/m0/s1. The highest BCUT2D eigenvalue weighted by Gasteiger charge is 2.51. The van der Waals surface area contributed by atoms with Gasteiger partial charge in [-0.15, -0.1) is 0 Å². The number of carbonyl (C=O) groups is 3. The Balaban J connectivity index is 1.88. The van der Waals surface area contributed by atoms with Gasteiger partial charge in [0.1, 0.15) is 5.69 Å². The number of aromatic nitrogens is 1.